The molecule has 0 spiro atoms. The molecule has 0 radical (unpaired) electrons. The summed E-state index contributed by atoms with van der Waals surface area (Å²) in [5.74, 6) is -0.202. The quantitative estimate of drug-likeness (QED) is 0.873. The molecule has 3 nitrogen and oxygen atoms in total. The van der Waals surface area contributed by atoms with E-state index in [-0.39, 0.29) is 17.5 Å². The molecule has 0 saturated carbocycles. The Hall–Kier alpha value is -0.970. The first-order valence-electron chi connectivity index (χ1n) is 6.27. The summed E-state index contributed by atoms with van der Waals surface area (Å²) < 4.78 is 24.1. The predicted octanol–water partition coefficient (Wildman–Crippen LogP) is 2.28. The second-order valence-electron chi connectivity index (χ2n) is 4.85. The highest BCUT2D eigenvalue weighted by Gasteiger charge is 2.34. The maximum Gasteiger partial charge on any atom is 0.123 e. The van der Waals surface area contributed by atoms with Gasteiger partial charge in [-0.1, -0.05) is 12.1 Å². The molecule has 18 heavy (non-hydrogen) atoms. The van der Waals surface area contributed by atoms with E-state index >= 15 is 0 Å². The molecular weight excluding hydrogens is 233 g/mol. The molecule has 1 aliphatic rings. The van der Waals surface area contributed by atoms with Crippen molar-refractivity contribution in [2.45, 2.75) is 25.0 Å². The minimum absolute atomic E-state index is 0.0910. The van der Waals surface area contributed by atoms with Crippen molar-refractivity contribution in [2.75, 3.05) is 26.9 Å². The van der Waals surface area contributed by atoms with E-state index < -0.39 is 0 Å². The van der Waals surface area contributed by atoms with Gasteiger partial charge in [0.15, 0.2) is 0 Å². The normalized spacial score (nSPS) is 25.3. The van der Waals surface area contributed by atoms with Crippen LogP contribution in [0.2, 0.25) is 0 Å². The average Bonchev–Trinajstić information content (AvgIpc) is 2.85. The number of rotatable bonds is 5. The van der Waals surface area contributed by atoms with Gasteiger partial charge in [-0.25, -0.2) is 4.39 Å². The Bertz CT molecular complexity index is 391. The van der Waals surface area contributed by atoms with Crippen LogP contribution in [-0.2, 0) is 9.47 Å². The Kier molecular flexibility index (Phi) is 4.32. The first-order chi connectivity index (χ1) is 8.65. The standard InChI is InChI=1S/C14H20FNO2/c1-11(12-4-3-5-13(15)8-12)16-9-14(17-2)6-7-18-10-14/h3-5,8,11,16H,6-7,9-10H2,1-2H3. The minimum atomic E-state index is -0.235. The fourth-order valence-electron chi connectivity index (χ4n) is 2.19. The van der Waals surface area contributed by atoms with E-state index in [4.69, 9.17) is 9.47 Å². The van der Waals surface area contributed by atoms with Crippen molar-refractivity contribution in [3.8, 4) is 0 Å². The monoisotopic (exact) mass is 253 g/mol. The molecule has 1 aliphatic heterocycles. The first-order valence-corrected chi connectivity index (χ1v) is 6.27. The molecule has 1 N–H and O–H groups in total. The van der Waals surface area contributed by atoms with Gasteiger partial charge in [-0.2, -0.15) is 0 Å². The van der Waals surface area contributed by atoms with Crippen molar-refractivity contribution in [2.24, 2.45) is 0 Å². The zero-order valence-electron chi connectivity index (χ0n) is 10.9. The van der Waals surface area contributed by atoms with Crippen LogP contribution < -0.4 is 5.32 Å². The molecule has 1 aromatic rings. The summed E-state index contributed by atoms with van der Waals surface area (Å²) in [4.78, 5) is 0. The zero-order chi connectivity index (χ0) is 13.0. The van der Waals surface area contributed by atoms with Crippen LogP contribution in [-0.4, -0.2) is 32.5 Å². The maximum atomic E-state index is 13.1. The van der Waals surface area contributed by atoms with E-state index in [9.17, 15) is 4.39 Å². The van der Waals surface area contributed by atoms with Gasteiger partial charge in [0.25, 0.3) is 0 Å². The second-order valence-corrected chi connectivity index (χ2v) is 4.85. The van der Waals surface area contributed by atoms with E-state index in [1.807, 2.05) is 13.0 Å². The number of ether oxygens (including phenoxy) is 2. The lowest BCUT2D eigenvalue weighted by molar-refractivity contribution is -0.0172. The summed E-state index contributed by atoms with van der Waals surface area (Å²) in [7, 11) is 1.71. The van der Waals surface area contributed by atoms with Gasteiger partial charge in [0.05, 0.1) is 6.61 Å². The molecule has 1 fully saturated rings. The van der Waals surface area contributed by atoms with E-state index in [1.54, 1.807) is 19.2 Å². The smallest absolute Gasteiger partial charge is 0.123 e. The molecule has 0 amide bonds. The number of methoxy groups -OCH3 is 1. The van der Waals surface area contributed by atoms with Crippen LogP contribution in [0, 0.1) is 5.82 Å². The van der Waals surface area contributed by atoms with E-state index in [1.165, 1.54) is 6.07 Å². The third-order valence-corrected chi connectivity index (χ3v) is 3.58. The maximum absolute atomic E-state index is 13.1. The van der Waals surface area contributed by atoms with Crippen molar-refractivity contribution in [3.63, 3.8) is 0 Å². The average molecular weight is 253 g/mol. The highest BCUT2D eigenvalue weighted by atomic mass is 19.1. The molecule has 2 atom stereocenters. The minimum Gasteiger partial charge on any atom is -0.378 e. The summed E-state index contributed by atoms with van der Waals surface area (Å²) in [6.07, 6.45) is 0.895. The lowest BCUT2D eigenvalue weighted by Crippen LogP contribution is -2.43. The molecule has 1 aromatic carbocycles. The van der Waals surface area contributed by atoms with Crippen LogP contribution in [0.15, 0.2) is 24.3 Å². The lowest BCUT2D eigenvalue weighted by atomic mass is 10.0. The zero-order valence-corrected chi connectivity index (χ0v) is 10.9. The van der Waals surface area contributed by atoms with Crippen LogP contribution >= 0.6 is 0 Å². The third kappa shape index (κ3) is 3.07. The Labute approximate surface area is 107 Å². The largest absolute Gasteiger partial charge is 0.378 e. The third-order valence-electron chi connectivity index (χ3n) is 3.58. The van der Waals surface area contributed by atoms with Gasteiger partial charge in [-0.3, -0.25) is 0 Å². The Balaban J connectivity index is 1.93. The van der Waals surface area contributed by atoms with Gasteiger partial charge in [0.2, 0.25) is 0 Å². The summed E-state index contributed by atoms with van der Waals surface area (Å²) in [5, 5.41) is 3.39. The highest BCUT2D eigenvalue weighted by molar-refractivity contribution is 5.19. The number of hydrogen-bond acceptors (Lipinski definition) is 3. The fourth-order valence-corrected chi connectivity index (χ4v) is 2.19. The number of nitrogens with one attached hydrogen (secondary N) is 1. The molecule has 0 bridgehead atoms. The molecule has 2 unspecified atom stereocenters. The summed E-state index contributed by atoms with van der Waals surface area (Å²) in [5.41, 5.74) is 0.710. The summed E-state index contributed by atoms with van der Waals surface area (Å²) >= 11 is 0. The molecule has 4 heteroatoms. The van der Waals surface area contributed by atoms with Crippen molar-refractivity contribution in [3.05, 3.63) is 35.6 Å². The molecule has 100 valence electrons. The fraction of sp³-hybridized carbons (Fsp3) is 0.571. The van der Waals surface area contributed by atoms with Gasteiger partial charge in [-0.05, 0) is 24.6 Å². The van der Waals surface area contributed by atoms with E-state index in [0.717, 1.165) is 18.6 Å². The van der Waals surface area contributed by atoms with Crippen molar-refractivity contribution < 1.29 is 13.9 Å². The molecule has 1 saturated heterocycles. The Morgan fingerprint density at radius 3 is 3.00 bits per heavy atom. The van der Waals surface area contributed by atoms with Crippen LogP contribution in [0.5, 0.6) is 0 Å². The SMILES string of the molecule is COC1(CNC(C)c2cccc(F)c2)CCOC1. The molecule has 0 aromatic heterocycles. The topological polar surface area (TPSA) is 30.5 Å². The van der Waals surface area contributed by atoms with Crippen LogP contribution in [0.3, 0.4) is 0 Å². The molecule has 2 rings (SSSR count). The lowest BCUT2D eigenvalue weighted by Gasteiger charge is -2.28. The number of hydrogen-bond donors (Lipinski definition) is 1. The van der Waals surface area contributed by atoms with Crippen molar-refractivity contribution >= 4 is 0 Å². The Morgan fingerprint density at radius 1 is 1.56 bits per heavy atom. The predicted molar refractivity (Wildman–Crippen MR) is 68.0 cm³/mol. The van der Waals surface area contributed by atoms with Crippen LogP contribution in [0.25, 0.3) is 0 Å². The number of benzene rings is 1. The van der Waals surface area contributed by atoms with Gasteiger partial charge < -0.3 is 14.8 Å². The van der Waals surface area contributed by atoms with Crippen LogP contribution in [0.1, 0.15) is 24.9 Å². The van der Waals surface area contributed by atoms with Gasteiger partial charge in [0, 0.05) is 32.7 Å². The van der Waals surface area contributed by atoms with Gasteiger partial charge in [-0.15, -0.1) is 0 Å². The Morgan fingerprint density at radius 2 is 2.39 bits per heavy atom. The summed E-state index contributed by atoms with van der Waals surface area (Å²) in [6, 6.07) is 6.76. The molecule has 1 heterocycles. The number of halogens is 1. The van der Waals surface area contributed by atoms with E-state index in [0.29, 0.717) is 13.2 Å². The van der Waals surface area contributed by atoms with Crippen molar-refractivity contribution in [1.29, 1.82) is 0 Å². The highest BCUT2D eigenvalue weighted by Crippen LogP contribution is 2.23. The summed E-state index contributed by atoms with van der Waals surface area (Å²) in [6.45, 7) is 4.09. The van der Waals surface area contributed by atoms with Gasteiger partial charge >= 0.3 is 0 Å². The first kappa shape index (κ1) is 13.5. The second kappa shape index (κ2) is 5.78. The van der Waals surface area contributed by atoms with Gasteiger partial charge in [0.1, 0.15) is 11.4 Å². The van der Waals surface area contributed by atoms with Crippen molar-refractivity contribution in [1.82, 2.24) is 5.32 Å². The molecule has 0 aliphatic carbocycles. The van der Waals surface area contributed by atoms with Crippen LogP contribution in [0.4, 0.5) is 4.39 Å². The molecular formula is C14H20FNO2. The van der Waals surface area contributed by atoms with E-state index in [2.05, 4.69) is 5.32 Å².